The summed E-state index contributed by atoms with van der Waals surface area (Å²) in [6, 6.07) is 17.7. The fourth-order valence-electron chi connectivity index (χ4n) is 3.53. The number of methoxy groups -OCH3 is 1. The van der Waals surface area contributed by atoms with Crippen molar-refractivity contribution in [2.75, 3.05) is 14.2 Å². The van der Waals surface area contributed by atoms with Gasteiger partial charge in [-0.25, -0.2) is 9.98 Å². The topological polar surface area (TPSA) is 54.8 Å². The Kier molecular flexibility index (Phi) is 4.39. The normalized spacial score (nSPS) is 18.5. The van der Waals surface area contributed by atoms with Gasteiger partial charge in [-0.1, -0.05) is 36.4 Å². The maximum atomic E-state index is 14.5. The van der Waals surface area contributed by atoms with E-state index in [4.69, 9.17) is 4.74 Å². The highest BCUT2D eigenvalue weighted by Crippen LogP contribution is 2.43. The fraction of sp³-hybridized carbons (Fsp3) is 0.136. The molecule has 0 saturated carbocycles. The summed E-state index contributed by atoms with van der Waals surface area (Å²) in [5.74, 6) is -0.134. The van der Waals surface area contributed by atoms with Gasteiger partial charge in [-0.15, -0.1) is 0 Å². The van der Waals surface area contributed by atoms with Gasteiger partial charge in [0, 0.05) is 24.4 Å². The maximum absolute atomic E-state index is 14.5. The molecule has 1 aromatic heterocycles. The first-order chi connectivity index (χ1) is 13.6. The average Bonchev–Trinajstić information content (AvgIpc) is 3.04. The van der Waals surface area contributed by atoms with Crippen molar-refractivity contribution in [1.29, 1.82) is 0 Å². The third-order valence-electron chi connectivity index (χ3n) is 4.93. The lowest BCUT2D eigenvalue weighted by Gasteiger charge is -2.28. The molecule has 5 nitrogen and oxygen atoms in total. The molecule has 0 fully saturated rings. The van der Waals surface area contributed by atoms with Gasteiger partial charge in [0.25, 0.3) is 5.91 Å². The van der Waals surface area contributed by atoms with Crippen molar-refractivity contribution in [3.05, 3.63) is 83.9 Å². The van der Waals surface area contributed by atoms with E-state index in [-0.39, 0.29) is 5.91 Å². The second kappa shape index (κ2) is 6.88. The number of benzene rings is 2. The van der Waals surface area contributed by atoms with E-state index in [0.29, 0.717) is 28.0 Å². The first kappa shape index (κ1) is 17.9. The molecular formula is C22H18FN3O2. The van der Waals surface area contributed by atoms with Gasteiger partial charge < -0.3 is 9.64 Å². The quantitative estimate of drug-likeness (QED) is 0.654. The summed E-state index contributed by atoms with van der Waals surface area (Å²) in [6.07, 6.45) is 2.90. The predicted octanol–water partition coefficient (Wildman–Crippen LogP) is 3.64. The summed E-state index contributed by atoms with van der Waals surface area (Å²) in [5.41, 5.74) is 0.862. The molecule has 0 N–H and O–H groups in total. The van der Waals surface area contributed by atoms with Crippen LogP contribution in [0.4, 0.5) is 4.39 Å². The fourth-order valence-corrected chi connectivity index (χ4v) is 3.53. The Balaban J connectivity index is 1.99. The van der Waals surface area contributed by atoms with E-state index < -0.39 is 11.5 Å². The second-order valence-electron chi connectivity index (χ2n) is 6.49. The first-order valence-electron chi connectivity index (χ1n) is 8.75. The van der Waals surface area contributed by atoms with E-state index in [9.17, 15) is 9.18 Å². The minimum atomic E-state index is -1.31. The highest BCUT2D eigenvalue weighted by Gasteiger charge is 2.48. The van der Waals surface area contributed by atoms with Crippen molar-refractivity contribution >= 4 is 12.2 Å². The first-order valence-corrected chi connectivity index (χ1v) is 8.75. The zero-order chi connectivity index (χ0) is 19.7. The molecule has 1 amide bonds. The molecule has 1 aliphatic rings. The van der Waals surface area contributed by atoms with Crippen LogP contribution in [-0.2, 0) is 10.3 Å². The van der Waals surface area contributed by atoms with Crippen LogP contribution in [0.2, 0.25) is 0 Å². The number of ether oxygens (including phenoxy) is 1. The van der Waals surface area contributed by atoms with Gasteiger partial charge in [0.2, 0.25) is 5.95 Å². The van der Waals surface area contributed by atoms with E-state index in [1.54, 1.807) is 56.6 Å². The molecule has 1 aliphatic heterocycles. The van der Waals surface area contributed by atoms with E-state index >= 15 is 0 Å². The van der Waals surface area contributed by atoms with E-state index in [1.165, 1.54) is 17.4 Å². The average molecular weight is 375 g/mol. The lowest BCUT2D eigenvalue weighted by atomic mass is 9.79. The number of nitrogens with zero attached hydrogens (tertiary/aromatic N) is 3. The molecule has 0 aliphatic carbocycles. The van der Waals surface area contributed by atoms with Gasteiger partial charge in [0.05, 0.1) is 13.4 Å². The molecule has 6 heteroatoms. The van der Waals surface area contributed by atoms with Gasteiger partial charge in [-0.05, 0) is 35.4 Å². The summed E-state index contributed by atoms with van der Waals surface area (Å²) < 4.78 is 19.7. The molecule has 0 saturated heterocycles. The Morgan fingerprint density at radius 1 is 1.00 bits per heavy atom. The van der Waals surface area contributed by atoms with Crippen molar-refractivity contribution in [2.45, 2.75) is 5.54 Å². The number of aliphatic imine (C=N–C) groups is 1. The van der Waals surface area contributed by atoms with Crippen LogP contribution in [0.15, 0.2) is 71.9 Å². The van der Waals surface area contributed by atoms with Gasteiger partial charge >= 0.3 is 0 Å². The summed E-state index contributed by atoms with van der Waals surface area (Å²) in [6.45, 7) is 0. The number of likely N-dealkylation sites (N-methyl/N-ethyl adjacent to an activating group) is 1. The second-order valence-corrected chi connectivity index (χ2v) is 6.49. The smallest absolute Gasteiger partial charge is 0.264 e. The van der Waals surface area contributed by atoms with Crippen molar-refractivity contribution in [2.24, 2.45) is 4.99 Å². The number of carbonyl (C=O) groups is 1. The van der Waals surface area contributed by atoms with Crippen molar-refractivity contribution in [1.82, 2.24) is 9.88 Å². The monoisotopic (exact) mass is 375 g/mol. The molecular weight excluding hydrogens is 357 g/mol. The Bertz CT molecular complexity index is 1070. The highest BCUT2D eigenvalue weighted by atomic mass is 19.1. The maximum Gasteiger partial charge on any atom is 0.264 e. The molecule has 1 unspecified atom stereocenters. The van der Waals surface area contributed by atoms with Crippen LogP contribution in [-0.4, -0.2) is 36.3 Å². The van der Waals surface area contributed by atoms with Gasteiger partial charge in [0.15, 0.2) is 5.54 Å². The van der Waals surface area contributed by atoms with E-state index in [0.717, 1.165) is 0 Å². The van der Waals surface area contributed by atoms with Crippen LogP contribution in [0.3, 0.4) is 0 Å². The van der Waals surface area contributed by atoms with Gasteiger partial charge in [-0.3, -0.25) is 4.79 Å². The van der Waals surface area contributed by atoms with Crippen LogP contribution in [0.25, 0.3) is 11.1 Å². The van der Waals surface area contributed by atoms with Crippen LogP contribution in [0.1, 0.15) is 11.1 Å². The number of carbonyl (C=O) groups excluding carboxylic acids is 1. The zero-order valence-electron chi connectivity index (χ0n) is 15.5. The molecule has 2 aromatic carbocycles. The third kappa shape index (κ3) is 2.65. The SMILES string of the molecule is COc1ccc(C2(c3ccccc3-c3cccnc3F)N=CN(C)C2=O)cc1. The summed E-state index contributed by atoms with van der Waals surface area (Å²) in [4.78, 5) is 23.1. The van der Waals surface area contributed by atoms with Crippen molar-refractivity contribution < 1.29 is 13.9 Å². The minimum absolute atomic E-state index is 0.214. The van der Waals surface area contributed by atoms with E-state index in [2.05, 4.69) is 9.98 Å². The molecule has 0 bridgehead atoms. The molecule has 2 heterocycles. The molecule has 4 rings (SSSR count). The van der Waals surface area contributed by atoms with Crippen molar-refractivity contribution in [3.63, 3.8) is 0 Å². The Hall–Kier alpha value is -3.54. The standard InChI is InChI=1S/C22H18FN3O2/c1-26-14-25-22(21(26)27,15-9-11-16(28-2)12-10-15)19-8-4-3-6-17(19)18-7-5-13-24-20(18)23/h3-14H,1-2H3. The van der Waals surface area contributed by atoms with Crippen LogP contribution in [0.5, 0.6) is 5.75 Å². The predicted molar refractivity (Wildman–Crippen MR) is 105 cm³/mol. The number of hydrogen-bond donors (Lipinski definition) is 0. The minimum Gasteiger partial charge on any atom is -0.497 e. The number of aromatic nitrogens is 1. The number of hydrogen-bond acceptors (Lipinski definition) is 4. The van der Waals surface area contributed by atoms with Gasteiger partial charge in [0.1, 0.15) is 5.75 Å². The highest BCUT2D eigenvalue weighted by molar-refractivity contribution is 6.04. The van der Waals surface area contributed by atoms with Crippen LogP contribution in [0, 0.1) is 5.95 Å². The summed E-state index contributed by atoms with van der Waals surface area (Å²) in [5, 5.41) is 0. The molecule has 3 aromatic rings. The molecule has 0 spiro atoms. The number of halogens is 1. The molecule has 28 heavy (non-hydrogen) atoms. The third-order valence-corrected chi connectivity index (χ3v) is 4.93. The number of amides is 1. The lowest BCUT2D eigenvalue weighted by Crippen LogP contribution is -2.38. The van der Waals surface area contributed by atoms with Crippen molar-refractivity contribution in [3.8, 4) is 16.9 Å². The summed E-state index contributed by atoms with van der Waals surface area (Å²) >= 11 is 0. The number of pyridine rings is 1. The largest absolute Gasteiger partial charge is 0.497 e. The zero-order valence-corrected chi connectivity index (χ0v) is 15.5. The molecule has 140 valence electrons. The van der Waals surface area contributed by atoms with Crippen LogP contribution >= 0.6 is 0 Å². The molecule has 0 radical (unpaired) electrons. The Labute approximate surface area is 162 Å². The summed E-state index contributed by atoms with van der Waals surface area (Å²) in [7, 11) is 3.24. The van der Waals surface area contributed by atoms with E-state index in [1.807, 2.05) is 18.2 Å². The number of rotatable bonds is 4. The van der Waals surface area contributed by atoms with Gasteiger partial charge in [-0.2, -0.15) is 4.39 Å². The molecule has 1 atom stereocenters. The lowest BCUT2D eigenvalue weighted by molar-refractivity contribution is -0.129. The van der Waals surface area contributed by atoms with Crippen LogP contribution < -0.4 is 4.74 Å². The Morgan fingerprint density at radius 3 is 2.36 bits per heavy atom. The Morgan fingerprint density at radius 2 is 1.71 bits per heavy atom.